The van der Waals surface area contributed by atoms with E-state index in [0.29, 0.717) is 12.0 Å². The zero-order chi connectivity index (χ0) is 15.8. The van der Waals surface area contributed by atoms with Gasteiger partial charge < -0.3 is 5.32 Å². The van der Waals surface area contributed by atoms with Gasteiger partial charge in [-0.25, -0.2) is 4.79 Å². The van der Waals surface area contributed by atoms with Crippen molar-refractivity contribution in [2.45, 2.75) is 32.4 Å². The molecule has 1 atom stereocenters. The van der Waals surface area contributed by atoms with Gasteiger partial charge in [-0.3, -0.25) is 19.8 Å². The van der Waals surface area contributed by atoms with E-state index >= 15 is 0 Å². The number of benzene rings is 1. The molecule has 112 valence electrons. The van der Waals surface area contributed by atoms with Crippen LogP contribution < -0.4 is 5.32 Å². The Morgan fingerprint density at radius 1 is 1.43 bits per heavy atom. The molecule has 0 spiro atoms. The summed E-state index contributed by atoms with van der Waals surface area (Å²) in [5.41, 5.74) is -1.30. The fourth-order valence-electron chi connectivity index (χ4n) is 2.11. The number of nitrogens with one attached hydrogen (secondary N) is 1. The molecule has 0 aromatic heterocycles. The molecule has 1 N–H and O–H groups in total. The Bertz CT molecular complexity index is 634. The summed E-state index contributed by atoms with van der Waals surface area (Å²) in [5.74, 6) is -1.39. The van der Waals surface area contributed by atoms with Gasteiger partial charge in [-0.15, -0.1) is 0 Å². The first kappa shape index (κ1) is 14.9. The molecule has 0 saturated carbocycles. The van der Waals surface area contributed by atoms with Crippen LogP contribution in [0, 0.1) is 15.9 Å². The zero-order valence-electron chi connectivity index (χ0n) is 11.6. The van der Waals surface area contributed by atoms with E-state index in [-0.39, 0.29) is 6.54 Å². The van der Waals surface area contributed by atoms with Crippen molar-refractivity contribution in [3.63, 3.8) is 0 Å². The number of carbonyl (C=O) groups excluding carboxylic acids is 2. The van der Waals surface area contributed by atoms with Gasteiger partial charge in [0.2, 0.25) is 5.82 Å². The highest BCUT2D eigenvalue weighted by Crippen LogP contribution is 2.24. The maximum Gasteiger partial charge on any atom is 0.325 e. The Morgan fingerprint density at radius 3 is 2.57 bits per heavy atom. The molecule has 0 bridgehead atoms. The number of rotatable bonds is 4. The highest BCUT2D eigenvalue weighted by molar-refractivity contribution is 6.06. The van der Waals surface area contributed by atoms with Gasteiger partial charge >= 0.3 is 11.7 Å². The Labute approximate surface area is 119 Å². The molecule has 1 aromatic carbocycles. The first-order valence-electron chi connectivity index (χ1n) is 6.35. The molecule has 1 aliphatic rings. The first-order valence-corrected chi connectivity index (χ1v) is 6.35. The Kier molecular flexibility index (Phi) is 3.63. The van der Waals surface area contributed by atoms with Crippen LogP contribution in [-0.4, -0.2) is 27.3 Å². The van der Waals surface area contributed by atoms with Crippen LogP contribution in [0.5, 0.6) is 0 Å². The van der Waals surface area contributed by atoms with Crippen LogP contribution in [0.15, 0.2) is 18.2 Å². The normalized spacial score (nSPS) is 21.6. The van der Waals surface area contributed by atoms with Crippen molar-refractivity contribution < 1.29 is 18.9 Å². The van der Waals surface area contributed by atoms with Gasteiger partial charge in [0.25, 0.3) is 5.91 Å². The van der Waals surface area contributed by atoms with Crippen molar-refractivity contribution in [1.29, 1.82) is 0 Å². The molecule has 1 heterocycles. The Balaban J connectivity index is 2.23. The quantitative estimate of drug-likeness (QED) is 0.522. The Hall–Kier alpha value is -2.51. The third-order valence-electron chi connectivity index (χ3n) is 3.60. The average Bonchev–Trinajstić information content (AvgIpc) is 2.63. The summed E-state index contributed by atoms with van der Waals surface area (Å²) in [6.07, 6.45) is 0.433. The topological polar surface area (TPSA) is 92.6 Å². The van der Waals surface area contributed by atoms with Gasteiger partial charge in [-0.1, -0.05) is 13.0 Å². The molecule has 3 amide bonds. The number of carbonyl (C=O) groups is 2. The lowest BCUT2D eigenvalue weighted by Gasteiger charge is -2.19. The van der Waals surface area contributed by atoms with Crippen molar-refractivity contribution in [3.05, 3.63) is 39.7 Å². The van der Waals surface area contributed by atoms with Crippen LogP contribution in [0.4, 0.5) is 14.9 Å². The van der Waals surface area contributed by atoms with E-state index in [2.05, 4.69) is 5.32 Å². The summed E-state index contributed by atoms with van der Waals surface area (Å²) in [6, 6.07) is 2.74. The average molecular weight is 295 g/mol. The van der Waals surface area contributed by atoms with Crippen molar-refractivity contribution in [2.75, 3.05) is 0 Å². The zero-order valence-corrected chi connectivity index (χ0v) is 11.6. The van der Waals surface area contributed by atoms with Crippen LogP contribution in [0.3, 0.4) is 0 Å². The molecule has 2 rings (SSSR count). The standard InChI is InChI=1S/C13H14FN3O4/c1-3-13(2)11(18)16(12(19)15-13)7-8-4-5-10(17(20)21)9(14)6-8/h4-6H,3,7H2,1-2H3,(H,15,19). The van der Waals surface area contributed by atoms with Crippen LogP contribution in [0.1, 0.15) is 25.8 Å². The third-order valence-corrected chi connectivity index (χ3v) is 3.60. The van der Waals surface area contributed by atoms with Crippen LogP contribution in [0.2, 0.25) is 0 Å². The third kappa shape index (κ3) is 2.56. The molecule has 1 saturated heterocycles. The molecule has 8 heteroatoms. The van der Waals surface area contributed by atoms with Crippen molar-refractivity contribution in [3.8, 4) is 0 Å². The van der Waals surface area contributed by atoms with E-state index < -0.39 is 33.9 Å². The lowest BCUT2D eigenvalue weighted by molar-refractivity contribution is -0.387. The second-order valence-electron chi connectivity index (χ2n) is 5.05. The molecule has 1 aliphatic heterocycles. The van der Waals surface area contributed by atoms with E-state index in [1.807, 2.05) is 0 Å². The maximum atomic E-state index is 13.5. The fraction of sp³-hybridized carbons (Fsp3) is 0.385. The fourth-order valence-corrected chi connectivity index (χ4v) is 2.11. The second-order valence-corrected chi connectivity index (χ2v) is 5.05. The predicted molar refractivity (Wildman–Crippen MR) is 70.8 cm³/mol. The van der Waals surface area contributed by atoms with E-state index in [0.717, 1.165) is 17.0 Å². The van der Waals surface area contributed by atoms with Gasteiger partial charge in [0.05, 0.1) is 11.5 Å². The molecule has 1 unspecified atom stereocenters. The van der Waals surface area contributed by atoms with Gasteiger partial charge in [-0.2, -0.15) is 4.39 Å². The smallest absolute Gasteiger partial charge is 0.323 e. The summed E-state index contributed by atoms with van der Waals surface area (Å²) < 4.78 is 13.5. The summed E-state index contributed by atoms with van der Waals surface area (Å²) >= 11 is 0. The highest BCUT2D eigenvalue weighted by atomic mass is 19.1. The SMILES string of the molecule is CCC1(C)NC(=O)N(Cc2ccc([N+](=O)[O-])c(F)c2)C1=O. The number of hydrogen-bond acceptors (Lipinski definition) is 4. The Morgan fingerprint density at radius 2 is 2.10 bits per heavy atom. The minimum atomic E-state index is -0.997. The number of urea groups is 1. The largest absolute Gasteiger partial charge is 0.325 e. The van der Waals surface area contributed by atoms with E-state index in [4.69, 9.17) is 0 Å². The van der Waals surface area contributed by atoms with Crippen molar-refractivity contribution in [1.82, 2.24) is 10.2 Å². The van der Waals surface area contributed by atoms with E-state index in [9.17, 15) is 24.1 Å². The molecule has 1 aromatic rings. The lowest BCUT2D eigenvalue weighted by Crippen LogP contribution is -2.43. The molecule has 0 radical (unpaired) electrons. The lowest BCUT2D eigenvalue weighted by atomic mass is 9.99. The molecular weight excluding hydrogens is 281 g/mol. The van der Waals surface area contributed by atoms with Gasteiger partial charge in [0.1, 0.15) is 5.54 Å². The van der Waals surface area contributed by atoms with Crippen molar-refractivity contribution in [2.24, 2.45) is 0 Å². The summed E-state index contributed by atoms with van der Waals surface area (Å²) in [5, 5.41) is 13.1. The molecule has 21 heavy (non-hydrogen) atoms. The number of nitro benzene ring substituents is 1. The number of nitrogens with zero attached hydrogens (tertiary/aromatic N) is 2. The van der Waals surface area contributed by atoms with Crippen LogP contribution >= 0.6 is 0 Å². The van der Waals surface area contributed by atoms with Gasteiger partial charge in [0.15, 0.2) is 0 Å². The number of hydrogen-bond donors (Lipinski definition) is 1. The molecule has 1 fully saturated rings. The maximum absolute atomic E-state index is 13.5. The number of nitro groups is 1. The van der Waals surface area contributed by atoms with E-state index in [1.54, 1.807) is 13.8 Å². The van der Waals surface area contributed by atoms with Crippen molar-refractivity contribution >= 4 is 17.6 Å². The van der Waals surface area contributed by atoms with Crippen LogP contribution in [0.25, 0.3) is 0 Å². The molecule has 7 nitrogen and oxygen atoms in total. The first-order chi connectivity index (χ1) is 9.78. The summed E-state index contributed by atoms with van der Waals surface area (Å²) in [6.45, 7) is 3.26. The van der Waals surface area contributed by atoms with Crippen LogP contribution in [-0.2, 0) is 11.3 Å². The summed E-state index contributed by atoms with van der Waals surface area (Å²) in [4.78, 5) is 34.7. The number of imide groups is 1. The van der Waals surface area contributed by atoms with Gasteiger partial charge in [0, 0.05) is 6.07 Å². The molecule has 0 aliphatic carbocycles. The highest BCUT2D eigenvalue weighted by Gasteiger charge is 2.46. The van der Waals surface area contributed by atoms with Gasteiger partial charge in [-0.05, 0) is 25.0 Å². The molecular formula is C13H14FN3O4. The monoisotopic (exact) mass is 295 g/mol. The predicted octanol–water partition coefficient (Wildman–Crippen LogP) is 1.95. The second kappa shape index (κ2) is 5.12. The minimum Gasteiger partial charge on any atom is -0.323 e. The van der Waals surface area contributed by atoms with E-state index in [1.165, 1.54) is 6.07 Å². The minimum absolute atomic E-state index is 0.130. The number of amides is 3. The number of halogens is 1. The summed E-state index contributed by atoms with van der Waals surface area (Å²) in [7, 11) is 0.